The van der Waals surface area contributed by atoms with Crippen molar-refractivity contribution in [1.29, 1.82) is 0 Å². The first-order chi connectivity index (χ1) is 11.7. The van der Waals surface area contributed by atoms with Gasteiger partial charge in [0.05, 0.1) is 19.3 Å². The van der Waals surface area contributed by atoms with Crippen LogP contribution >= 0.6 is 0 Å². The zero-order valence-corrected chi connectivity index (χ0v) is 14.1. The van der Waals surface area contributed by atoms with Crippen LogP contribution in [0, 0.1) is 0 Å². The lowest BCUT2D eigenvalue weighted by atomic mass is 10.0. The molecule has 130 valence electrons. The van der Waals surface area contributed by atoms with Gasteiger partial charge in [0.25, 0.3) is 0 Å². The van der Waals surface area contributed by atoms with E-state index in [0.717, 1.165) is 24.9 Å². The van der Waals surface area contributed by atoms with Gasteiger partial charge in [0, 0.05) is 26.7 Å². The van der Waals surface area contributed by atoms with Crippen LogP contribution < -0.4 is 5.32 Å². The number of hydrogen-bond acceptors (Lipinski definition) is 4. The smallest absolute Gasteiger partial charge is 0.241 e. The first kappa shape index (κ1) is 16.9. The lowest BCUT2D eigenvalue weighted by Crippen LogP contribution is -2.52. The molecular formula is C18H25N3O3. The topological polar surface area (TPSA) is 61.9 Å². The van der Waals surface area contributed by atoms with E-state index in [4.69, 9.17) is 4.74 Å². The molecule has 2 heterocycles. The molecule has 1 aromatic carbocycles. The molecule has 0 spiro atoms. The molecule has 2 unspecified atom stereocenters. The van der Waals surface area contributed by atoms with Gasteiger partial charge in [-0.25, -0.2) is 0 Å². The molecule has 0 saturated carbocycles. The largest absolute Gasteiger partial charge is 0.378 e. The Labute approximate surface area is 142 Å². The van der Waals surface area contributed by atoms with Gasteiger partial charge in [-0.3, -0.25) is 14.5 Å². The van der Waals surface area contributed by atoms with Gasteiger partial charge in [-0.05, 0) is 18.4 Å². The Balaban J connectivity index is 1.83. The number of morpholine rings is 1. The first-order valence-electron chi connectivity index (χ1n) is 8.61. The van der Waals surface area contributed by atoms with Gasteiger partial charge in [0.1, 0.15) is 6.04 Å². The van der Waals surface area contributed by atoms with Gasteiger partial charge < -0.3 is 15.0 Å². The SMILES string of the molecule is CNC(=O)C(c1ccccc1)N1CCCC1C(=O)N1CCOCC1. The summed E-state index contributed by atoms with van der Waals surface area (Å²) >= 11 is 0. The number of likely N-dealkylation sites (N-methyl/N-ethyl adjacent to an activating group) is 1. The van der Waals surface area contributed by atoms with Gasteiger partial charge in [-0.15, -0.1) is 0 Å². The van der Waals surface area contributed by atoms with E-state index < -0.39 is 6.04 Å². The van der Waals surface area contributed by atoms with Crippen molar-refractivity contribution in [2.24, 2.45) is 0 Å². The maximum absolute atomic E-state index is 13.0. The van der Waals surface area contributed by atoms with Crippen LogP contribution in [0.1, 0.15) is 24.4 Å². The Kier molecular flexibility index (Phi) is 5.48. The lowest BCUT2D eigenvalue weighted by molar-refractivity contribution is -0.142. The average Bonchev–Trinajstić information content (AvgIpc) is 3.12. The Morgan fingerprint density at radius 2 is 1.88 bits per heavy atom. The molecule has 1 N–H and O–H groups in total. The number of nitrogens with one attached hydrogen (secondary N) is 1. The third-order valence-electron chi connectivity index (χ3n) is 4.84. The Morgan fingerprint density at radius 3 is 2.54 bits per heavy atom. The molecule has 6 heteroatoms. The maximum atomic E-state index is 13.0. The lowest BCUT2D eigenvalue weighted by Gasteiger charge is -2.35. The standard InChI is InChI=1S/C18H25N3O3/c1-19-17(22)16(14-6-3-2-4-7-14)21-9-5-8-15(21)18(23)20-10-12-24-13-11-20/h2-4,6-7,15-16H,5,8-13H2,1H3,(H,19,22). The molecule has 2 aliphatic heterocycles. The average molecular weight is 331 g/mol. The molecule has 2 amide bonds. The van der Waals surface area contributed by atoms with Gasteiger partial charge in [0.15, 0.2) is 0 Å². The zero-order valence-electron chi connectivity index (χ0n) is 14.1. The Hall–Kier alpha value is -1.92. The van der Waals surface area contributed by atoms with Crippen molar-refractivity contribution in [3.05, 3.63) is 35.9 Å². The Bertz CT molecular complexity index is 572. The van der Waals surface area contributed by atoms with E-state index in [0.29, 0.717) is 26.3 Å². The number of ether oxygens (including phenoxy) is 1. The number of carbonyl (C=O) groups excluding carboxylic acids is 2. The van der Waals surface area contributed by atoms with Crippen LogP contribution in [-0.2, 0) is 14.3 Å². The number of hydrogen-bond donors (Lipinski definition) is 1. The molecule has 2 fully saturated rings. The number of carbonyl (C=O) groups is 2. The molecular weight excluding hydrogens is 306 g/mol. The van der Waals surface area contributed by atoms with Crippen molar-refractivity contribution < 1.29 is 14.3 Å². The molecule has 24 heavy (non-hydrogen) atoms. The second-order valence-electron chi connectivity index (χ2n) is 6.26. The summed E-state index contributed by atoms with van der Waals surface area (Å²) in [5.41, 5.74) is 0.929. The fourth-order valence-corrected chi connectivity index (χ4v) is 3.62. The summed E-state index contributed by atoms with van der Waals surface area (Å²) in [6, 6.07) is 9.05. The molecule has 2 aliphatic rings. The van der Waals surface area contributed by atoms with E-state index in [1.54, 1.807) is 7.05 Å². The van der Waals surface area contributed by atoms with E-state index >= 15 is 0 Å². The van der Waals surface area contributed by atoms with Crippen LogP contribution in [0.2, 0.25) is 0 Å². The predicted octanol–water partition coefficient (Wildman–Crippen LogP) is 0.797. The van der Waals surface area contributed by atoms with E-state index in [-0.39, 0.29) is 17.9 Å². The van der Waals surface area contributed by atoms with Gasteiger partial charge in [-0.2, -0.15) is 0 Å². The monoisotopic (exact) mass is 331 g/mol. The maximum Gasteiger partial charge on any atom is 0.241 e. The van der Waals surface area contributed by atoms with Gasteiger partial charge in [0.2, 0.25) is 11.8 Å². The van der Waals surface area contributed by atoms with Crippen LogP contribution in [0.4, 0.5) is 0 Å². The molecule has 3 rings (SSSR count). The minimum Gasteiger partial charge on any atom is -0.378 e. The number of nitrogens with zero attached hydrogens (tertiary/aromatic N) is 2. The summed E-state index contributed by atoms with van der Waals surface area (Å²) in [5, 5.41) is 2.75. The second-order valence-corrected chi connectivity index (χ2v) is 6.26. The van der Waals surface area contributed by atoms with Crippen molar-refractivity contribution in [2.45, 2.75) is 24.9 Å². The van der Waals surface area contributed by atoms with Gasteiger partial charge in [-0.1, -0.05) is 30.3 Å². The minimum atomic E-state index is -0.423. The molecule has 0 aromatic heterocycles. The zero-order chi connectivity index (χ0) is 16.9. The molecule has 0 bridgehead atoms. The van der Waals surface area contributed by atoms with Crippen molar-refractivity contribution in [2.75, 3.05) is 39.9 Å². The normalized spacial score (nSPS) is 23.0. The summed E-state index contributed by atoms with van der Waals surface area (Å²) in [6.07, 6.45) is 1.73. The van der Waals surface area contributed by atoms with Crippen LogP contribution in [-0.4, -0.2) is 67.6 Å². The molecule has 2 saturated heterocycles. The predicted molar refractivity (Wildman–Crippen MR) is 90.4 cm³/mol. The quantitative estimate of drug-likeness (QED) is 0.886. The summed E-state index contributed by atoms with van der Waals surface area (Å²) in [7, 11) is 1.65. The van der Waals surface area contributed by atoms with Crippen molar-refractivity contribution in [3.8, 4) is 0 Å². The fraction of sp³-hybridized carbons (Fsp3) is 0.556. The van der Waals surface area contributed by atoms with Crippen LogP contribution in [0.5, 0.6) is 0 Å². The highest BCUT2D eigenvalue weighted by Crippen LogP contribution is 2.31. The summed E-state index contributed by atoms with van der Waals surface area (Å²) in [5.74, 6) is 0.0588. The van der Waals surface area contributed by atoms with Gasteiger partial charge >= 0.3 is 0 Å². The Morgan fingerprint density at radius 1 is 1.17 bits per heavy atom. The number of rotatable bonds is 4. The van der Waals surface area contributed by atoms with Crippen molar-refractivity contribution in [3.63, 3.8) is 0 Å². The van der Waals surface area contributed by atoms with E-state index in [2.05, 4.69) is 10.2 Å². The molecule has 1 aromatic rings. The molecule has 6 nitrogen and oxygen atoms in total. The number of likely N-dealkylation sites (tertiary alicyclic amines) is 1. The summed E-state index contributed by atoms with van der Waals surface area (Å²) < 4.78 is 5.34. The van der Waals surface area contributed by atoms with Crippen molar-refractivity contribution >= 4 is 11.8 Å². The fourth-order valence-electron chi connectivity index (χ4n) is 3.62. The van der Waals surface area contributed by atoms with Crippen LogP contribution in [0.25, 0.3) is 0 Å². The second kappa shape index (κ2) is 7.77. The highest BCUT2D eigenvalue weighted by atomic mass is 16.5. The van der Waals surface area contributed by atoms with E-state index in [9.17, 15) is 9.59 Å². The summed E-state index contributed by atoms with van der Waals surface area (Å²) in [4.78, 5) is 29.4. The summed E-state index contributed by atoms with van der Waals surface area (Å²) in [6.45, 7) is 3.22. The first-order valence-corrected chi connectivity index (χ1v) is 8.61. The number of benzene rings is 1. The van der Waals surface area contributed by atoms with Crippen LogP contribution in [0.3, 0.4) is 0 Å². The van der Waals surface area contributed by atoms with E-state index in [1.165, 1.54) is 0 Å². The molecule has 2 atom stereocenters. The number of amides is 2. The third kappa shape index (κ3) is 3.44. The highest BCUT2D eigenvalue weighted by molar-refractivity contribution is 5.86. The third-order valence-corrected chi connectivity index (χ3v) is 4.84. The minimum absolute atomic E-state index is 0.0668. The van der Waals surface area contributed by atoms with Crippen molar-refractivity contribution in [1.82, 2.24) is 15.1 Å². The molecule has 0 radical (unpaired) electrons. The van der Waals surface area contributed by atoms with E-state index in [1.807, 2.05) is 35.2 Å². The van der Waals surface area contributed by atoms with Crippen LogP contribution in [0.15, 0.2) is 30.3 Å². The highest BCUT2D eigenvalue weighted by Gasteiger charge is 2.40. The molecule has 0 aliphatic carbocycles.